The average molecular weight is 511 g/mol. The average Bonchev–Trinajstić information content (AvgIpc) is 2.94. The predicted molar refractivity (Wildman–Crippen MR) is 110 cm³/mol. The highest BCUT2D eigenvalue weighted by Gasteiger charge is 2.01. The zero-order valence-electron chi connectivity index (χ0n) is 13.0. The van der Waals surface area contributed by atoms with Crippen molar-refractivity contribution in [3.05, 3.63) is 44.8 Å². The first-order valence-electron chi connectivity index (χ1n) is 6.91. The Balaban J connectivity index is 0.00000264. The fourth-order valence-corrected chi connectivity index (χ4v) is 2.72. The van der Waals surface area contributed by atoms with Crippen LogP contribution in [0.2, 0.25) is 0 Å². The lowest BCUT2D eigenvalue weighted by Crippen LogP contribution is -2.38. The number of rotatable bonds is 6. The predicted octanol–water partition coefficient (Wildman–Crippen LogP) is 3.58. The van der Waals surface area contributed by atoms with Gasteiger partial charge in [0.25, 0.3) is 0 Å². The van der Waals surface area contributed by atoms with Crippen molar-refractivity contribution in [3.8, 4) is 5.75 Å². The normalized spacial score (nSPS) is 10.8. The van der Waals surface area contributed by atoms with E-state index >= 15 is 0 Å². The molecule has 0 aliphatic carbocycles. The SMILES string of the molecule is CN=C(NCCOc1ccc(Br)cc1)NCc1ncc(C)s1.I. The van der Waals surface area contributed by atoms with Gasteiger partial charge in [-0.2, -0.15) is 0 Å². The fraction of sp³-hybridized carbons (Fsp3) is 0.333. The molecule has 1 heterocycles. The molecule has 5 nitrogen and oxygen atoms in total. The summed E-state index contributed by atoms with van der Waals surface area (Å²) in [4.78, 5) is 9.70. The van der Waals surface area contributed by atoms with E-state index < -0.39 is 0 Å². The summed E-state index contributed by atoms with van der Waals surface area (Å²) < 4.78 is 6.69. The third-order valence-electron chi connectivity index (χ3n) is 2.78. The molecule has 126 valence electrons. The van der Waals surface area contributed by atoms with Crippen LogP contribution < -0.4 is 15.4 Å². The van der Waals surface area contributed by atoms with E-state index in [1.54, 1.807) is 18.4 Å². The van der Waals surface area contributed by atoms with Crippen molar-refractivity contribution in [2.24, 2.45) is 4.99 Å². The number of ether oxygens (including phenoxy) is 1. The van der Waals surface area contributed by atoms with Crippen molar-refractivity contribution in [1.29, 1.82) is 0 Å². The number of aryl methyl sites for hydroxylation is 1. The second-order valence-electron chi connectivity index (χ2n) is 4.52. The molecule has 0 atom stereocenters. The minimum Gasteiger partial charge on any atom is -0.492 e. The van der Waals surface area contributed by atoms with Gasteiger partial charge in [0.1, 0.15) is 17.4 Å². The molecule has 0 aliphatic heterocycles. The summed E-state index contributed by atoms with van der Waals surface area (Å²) in [6, 6.07) is 7.78. The number of hydrogen-bond acceptors (Lipinski definition) is 4. The van der Waals surface area contributed by atoms with E-state index in [0.29, 0.717) is 19.7 Å². The highest BCUT2D eigenvalue weighted by atomic mass is 127. The van der Waals surface area contributed by atoms with E-state index in [1.807, 2.05) is 37.4 Å². The van der Waals surface area contributed by atoms with E-state index in [0.717, 1.165) is 21.2 Å². The number of nitrogens with zero attached hydrogens (tertiary/aromatic N) is 2. The number of benzene rings is 1. The summed E-state index contributed by atoms with van der Waals surface area (Å²) in [5.41, 5.74) is 0. The van der Waals surface area contributed by atoms with Gasteiger partial charge in [0.15, 0.2) is 5.96 Å². The van der Waals surface area contributed by atoms with Crippen LogP contribution in [0.15, 0.2) is 39.9 Å². The number of nitrogens with one attached hydrogen (secondary N) is 2. The molecule has 0 amide bonds. The molecule has 0 saturated heterocycles. The van der Waals surface area contributed by atoms with Crippen molar-refractivity contribution >= 4 is 57.2 Å². The number of thiazole rings is 1. The largest absolute Gasteiger partial charge is 0.492 e. The number of guanidine groups is 1. The maximum atomic E-state index is 5.65. The molecule has 0 aliphatic rings. The Bertz CT molecular complexity index is 618. The Kier molecular flexibility index (Phi) is 9.49. The van der Waals surface area contributed by atoms with Gasteiger partial charge >= 0.3 is 0 Å². The molecule has 0 fully saturated rings. The number of aliphatic imine (C=N–C) groups is 1. The maximum Gasteiger partial charge on any atom is 0.191 e. The second-order valence-corrected chi connectivity index (χ2v) is 6.75. The second kappa shape index (κ2) is 10.8. The van der Waals surface area contributed by atoms with Crippen LogP contribution in [0.1, 0.15) is 9.88 Å². The highest BCUT2D eigenvalue weighted by Crippen LogP contribution is 2.15. The van der Waals surface area contributed by atoms with Crippen molar-refractivity contribution in [2.45, 2.75) is 13.5 Å². The maximum absolute atomic E-state index is 5.65. The lowest BCUT2D eigenvalue weighted by atomic mass is 10.3. The van der Waals surface area contributed by atoms with E-state index in [2.05, 4.69) is 36.5 Å². The Hall–Kier alpha value is -0.870. The summed E-state index contributed by atoms with van der Waals surface area (Å²) in [6.07, 6.45) is 1.88. The van der Waals surface area contributed by atoms with Gasteiger partial charge in [-0.1, -0.05) is 15.9 Å². The molecule has 0 bridgehead atoms. The smallest absolute Gasteiger partial charge is 0.191 e. The van der Waals surface area contributed by atoms with E-state index in [9.17, 15) is 0 Å². The van der Waals surface area contributed by atoms with Crippen LogP contribution in [0.4, 0.5) is 0 Å². The molecule has 2 rings (SSSR count). The molecule has 8 heteroatoms. The Labute approximate surface area is 166 Å². The van der Waals surface area contributed by atoms with Crippen LogP contribution >= 0.6 is 51.2 Å². The molecular formula is C15H20BrIN4OS. The summed E-state index contributed by atoms with van der Waals surface area (Å²) in [7, 11) is 1.75. The Morgan fingerprint density at radius 1 is 1.30 bits per heavy atom. The molecule has 2 aromatic rings. The van der Waals surface area contributed by atoms with Gasteiger partial charge in [-0.25, -0.2) is 4.98 Å². The lowest BCUT2D eigenvalue weighted by Gasteiger charge is -2.11. The molecule has 1 aromatic heterocycles. The van der Waals surface area contributed by atoms with Crippen molar-refractivity contribution in [1.82, 2.24) is 15.6 Å². The van der Waals surface area contributed by atoms with Gasteiger partial charge in [0.2, 0.25) is 0 Å². The summed E-state index contributed by atoms with van der Waals surface area (Å²) in [5.74, 6) is 1.60. The first kappa shape index (κ1) is 20.2. The van der Waals surface area contributed by atoms with Gasteiger partial charge in [-0.15, -0.1) is 35.3 Å². The molecule has 2 N–H and O–H groups in total. The van der Waals surface area contributed by atoms with Crippen molar-refractivity contribution in [2.75, 3.05) is 20.2 Å². The zero-order valence-corrected chi connectivity index (χ0v) is 17.7. The Morgan fingerprint density at radius 2 is 2.04 bits per heavy atom. The van der Waals surface area contributed by atoms with Crippen molar-refractivity contribution in [3.63, 3.8) is 0 Å². The molecule has 0 radical (unpaired) electrons. The van der Waals surface area contributed by atoms with Gasteiger partial charge < -0.3 is 15.4 Å². The van der Waals surface area contributed by atoms with Gasteiger partial charge in [0.05, 0.1) is 13.1 Å². The monoisotopic (exact) mass is 510 g/mol. The van der Waals surface area contributed by atoms with E-state index in [-0.39, 0.29) is 24.0 Å². The molecule has 23 heavy (non-hydrogen) atoms. The van der Waals surface area contributed by atoms with Gasteiger partial charge in [-0.05, 0) is 31.2 Å². The third kappa shape index (κ3) is 7.49. The van der Waals surface area contributed by atoms with Crippen LogP contribution in [0.5, 0.6) is 5.75 Å². The van der Waals surface area contributed by atoms with Crippen LogP contribution in [0, 0.1) is 6.92 Å². The van der Waals surface area contributed by atoms with E-state index in [1.165, 1.54) is 4.88 Å². The van der Waals surface area contributed by atoms with Gasteiger partial charge in [0, 0.05) is 22.6 Å². The number of hydrogen-bond donors (Lipinski definition) is 2. The quantitative estimate of drug-likeness (QED) is 0.270. The Morgan fingerprint density at radius 3 is 2.65 bits per heavy atom. The van der Waals surface area contributed by atoms with E-state index in [4.69, 9.17) is 4.74 Å². The van der Waals surface area contributed by atoms with Crippen LogP contribution in [-0.2, 0) is 6.54 Å². The first-order chi connectivity index (χ1) is 10.7. The summed E-state index contributed by atoms with van der Waals surface area (Å²) in [5, 5.41) is 7.49. The highest BCUT2D eigenvalue weighted by molar-refractivity contribution is 14.0. The first-order valence-corrected chi connectivity index (χ1v) is 8.52. The third-order valence-corrected chi connectivity index (χ3v) is 4.22. The number of halogens is 2. The van der Waals surface area contributed by atoms with Crippen molar-refractivity contribution < 1.29 is 4.74 Å². The minimum atomic E-state index is 0. The summed E-state index contributed by atoms with van der Waals surface area (Å²) >= 11 is 5.08. The zero-order chi connectivity index (χ0) is 15.8. The lowest BCUT2D eigenvalue weighted by molar-refractivity contribution is 0.322. The minimum absolute atomic E-state index is 0. The molecular weight excluding hydrogens is 491 g/mol. The fourth-order valence-electron chi connectivity index (χ4n) is 1.73. The van der Waals surface area contributed by atoms with Gasteiger partial charge in [-0.3, -0.25) is 4.99 Å². The summed E-state index contributed by atoms with van der Waals surface area (Å²) in [6.45, 7) is 3.96. The van der Waals surface area contributed by atoms with Crippen LogP contribution in [0.25, 0.3) is 0 Å². The standard InChI is InChI=1S/C15H19BrN4OS.HI/c1-11-9-19-14(22-11)10-20-15(17-2)18-7-8-21-13-5-3-12(16)4-6-13;/h3-6,9H,7-8,10H2,1-2H3,(H2,17,18,20);1H. The number of aromatic nitrogens is 1. The van der Waals surface area contributed by atoms with Crippen LogP contribution in [-0.4, -0.2) is 31.1 Å². The topological polar surface area (TPSA) is 58.5 Å². The molecule has 1 aromatic carbocycles. The molecule has 0 unspecified atom stereocenters. The molecule has 0 saturated carbocycles. The molecule has 0 spiro atoms. The van der Waals surface area contributed by atoms with Crippen LogP contribution in [0.3, 0.4) is 0 Å².